The fourth-order valence-corrected chi connectivity index (χ4v) is 0.520. The average molecular weight is 188 g/mol. The van der Waals surface area contributed by atoms with Crippen LogP contribution in [-0.2, 0) is 0 Å². The van der Waals surface area contributed by atoms with Crippen molar-refractivity contribution in [1.29, 1.82) is 0 Å². The number of hydrogen-bond donors (Lipinski definition) is 0. The molecule has 0 radical (unpaired) electrons. The van der Waals surface area contributed by atoms with Crippen LogP contribution in [0.3, 0.4) is 0 Å². The van der Waals surface area contributed by atoms with Gasteiger partial charge in [-0.15, -0.1) is 0 Å². The second kappa shape index (κ2) is 6.52. The van der Waals surface area contributed by atoms with E-state index in [1.165, 1.54) is 0 Å². The van der Waals surface area contributed by atoms with Gasteiger partial charge in [-0.1, -0.05) is 39.3 Å². The van der Waals surface area contributed by atoms with Crippen molar-refractivity contribution >= 4 is 22.7 Å². The van der Waals surface area contributed by atoms with E-state index in [0.717, 1.165) is 0 Å². The Morgan fingerprint density at radius 2 is 1.45 bits per heavy atom. The normalized spacial score (nSPS) is 9.73. The van der Waals surface area contributed by atoms with Crippen LogP contribution in [0.5, 0.6) is 0 Å². The highest BCUT2D eigenvalue weighted by atomic mass is 28.3. The van der Waals surface area contributed by atoms with E-state index in [0.29, 0.717) is 0 Å². The Morgan fingerprint density at radius 3 is 1.45 bits per heavy atom. The number of rotatable bonds is 1. The van der Waals surface area contributed by atoms with Crippen molar-refractivity contribution in [2.24, 2.45) is 0 Å². The van der Waals surface area contributed by atoms with Gasteiger partial charge in [0.15, 0.2) is 8.07 Å². The molecule has 0 aromatic carbocycles. The average Bonchev–Trinajstić information content (AvgIpc) is 1.58. The van der Waals surface area contributed by atoms with Gasteiger partial charge in [-0.05, 0) is 0 Å². The molecule has 0 saturated heterocycles. The molecule has 2 nitrogen and oxygen atoms in total. The monoisotopic (exact) mass is 188 g/mol. The zero-order valence-corrected chi connectivity index (χ0v) is 10.7. The van der Waals surface area contributed by atoms with Gasteiger partial charge in [-0.2, -0.15) is 4.79 Å². The second-order valence-electron chi connectivity index (χ2n) is 4.34. The van der Waals surface area contributed by atoms with Crippen molar-refractivity contribution in [2.75, 3.05) is 0 Å². The van der Waals surface area contributed by atoms with Crippen LogP contribution in [-0.4, -0.2) is 27.5 Å². The van der Waals surface area contributed by atoms with Gasteiger partial charge in [0.1, 0.15) is 0 Å². The lowest BCUT2D eigenvalue weighted by Crippen LogP contribution is -2.22. The SMILES string of the molecule is C[SiH](C)C.C[Si](C)(C)C=[N+]=[N-]. The largest absolute Gasteiger partial charge is 0.363 e. The molecular weight excluding hydrogens is 168 g/mol. The van der Waals surface area contributed by atoms with Gasteiger partial charge in [-0.25, -0.2) is 0 Å². The van der Waals surface area contributed by atoms with Gasteiger partial charge in [0.25, 0.3) is 0 Å². The Labute approximate surface area is 72.9 Å². The van der Waals surface area contributed by atoms with Crippen LogP contribution in [0.2, 0.25) is 39.3 Å². The first-order valence-corrected chi connectivity index (χ1v) is 11.0. The molecule has 11 heavy (non-hydrogen) atoms. The highest BCUT2D eigenvalue weighted by Crippen LogP contribution is 1.91. The van der Waals surface area contributed by atoms with Crippen LogP contribution < -0.4 is 0 Å². The zero-order chi connectivity index (χ0) is 9.49. The summed E-state index contributed by atoms with van der Waals surface area (Å²) < 4.78 is 0. The van der Waals surface area contributed by atoms with Gasteiger partial charge in [-0.3, -0.25) is 0 Å². The third-order valence-corrected chi connectivity index (χ3v) is 1.34. The molecule has 0 unspecified atom stereocenters. The molecule has 0 bridgehead atoms. The summed E-state index contributed by atoms with van der Waals surface area (Å²) >= 11 is 0. The molecule has 0 N–H and O–H groups in total. The van der Waals surface area contributed by atoms with Crippen LogP contribution in [0, 0.1) is 0 Å². The third kappa shape index (κ3) is 41.2. The van der Waals surface area contributed by atoms with E-state index in [-0.39, 0.29) is 8.80 Å². The maximum absolute atomic E-state index is 8.01. The minimum atomic E-state index is -1.20. The van der Waals surface area contributed by atoms with Gasteiger partial charge >= 0.3 is 0 Å². The highest BCUT2D eigenvalue weighted by Gasteiger charge is 2.14. The lowest BCUT2D eigenvalue weighted by Gasteiger charge is -1.95. The molecule has 0 amide bonds. The minimum Gasteiger partial charge on any atom is -0.363 e. The lowest BCUT2D eigenvalue weighted by atomic mass is 11.7. The van der Waals surface area contributed by atoms with Crippen molar-refractivity contribution in [3.8, 4) is 0 Å². The van der Waals surface area contributed by atoms with Crippen LogP contribution >= 0.6 is 0 Å². The molecule has 66 valence electrons. The standard InChI is InChI=1S/C4H10N2Si.C3H10Si/c1-7(2,3)4-6-5;1-4(2)3/h4H,1-3H3;4H,1-3H3. The van der Waals surface area contributed by atoms with Gasteiger partial charge in [0.05, 0.1) is 0 Å². The molecule has 0 fully saturated rings. The summed E-state index contributed by atoms with van der Waals surface area (Å²) in [5.74, 6) is 1.63. The smallest absolute Gasteiger partial charge is 0.226 e. The topological polar surface area (TPSA) is 36.4 Å². The fourth-order valence-electron chi connectivity index (χ4n) is 0.173. The Balaban J connectivity index is 0. The molecule has 0 aliphatic heterocycles. The van der Waals surface area contributed by atoms with Crippen molar-refractivity contribution < 1.29 is 4.79 Å². The molecule has 0 rings (SSSR count). The van der Waals surface area contributed by atoms with Crippen LogP contribution in [0.15, 0.2) is 0 Å². The Morgan fingerprint density at radius 1 is 1.18 bits per heavy atom. The predicted molar refractivity (Wildman–Crippen MR) is 57.8 cm³/mol. The van der Waals surface area contributed by atoms with Crippen molar-refractivity contribution in [3.63, 3.8) is 0 Å². The van der Waals surface area contributed by atoms with Gasteiger partial charge < -0.3 is 5.53 Å². The maximum atomic E-state index is 8.01. The first-order chi connectivity index (χ1) is 4.79. The molecule has 0 aromatic heterocycles. The van der Waals surface area contributed by atoms with Crippen molar-refractivity contribution in [1.82, 2.24) is 0 Å². The van der Waals surface area contributed by atoms with E-state index in [1.807, 2.05) is 0 Å². The molecular formula is C7H20N2Si2. The molecule has 0 saturated carbocycles. The van der Waals surface area contributed by atoms with E-state index >= 15 is 0 Å². The first kappa shape index (κ1) is 13.4. The molecule has 4 heteroatoms. The summed E-state index contributed by atoms with van der Waals surface area (Å²) in [5, 5.41) is 0. The third-order valence-electron chi connectivity index (χ3n) is 0.445. The van der Waals surface area contributed by atoms with Crippen LogP contribution in [0.4, 0.5) is 0 Å². The fraction of sp³-hybridized carbons (Fsp3) is 0.857. The molecule has 0 aliphatic carbocycles. The highest BCUT2D eigenvalue weighted by molar-refractivity contribution is 6.98. The summed E-state index contributed by atoms with van der Waals surface area (Å²) in [6, 6.07) is 0. The molecule has 0 heterocycles. The number of nitrogens with zero attached hydrogens (tertiary/aromatic N) is 2. The second-order valence-corrected chi connectivity index (χ2v) is 12.8. The Hall–Kier alpha value is -0.186. The van der Waals surface area contributed by atoms with E-state index in [2.05, 4.69) is 44.1 Å². The van der Waals surface area contributed by atoms with Crippen LogP contribution in [0.1, 0.15) is 0 Å². The molecule has 0 aromatic rings. The van der Waals surface area contributed by atoms with Crippen LogP contribution in [0.25, 0.3) is 5.53 Å². The van der Waals surface area contributed by atoms with E-state index in [9.17, 15) is 0 Å². The van der Waals surface area contributed by atoms with Gasteiger partial charge in [0.2, 0.25) is 5.84 Å². The van der Waals surface area contributed by atoms with Crippen molar-refractivity contribution in [3.05, 3.63) is 5.53 Å². The summed E-state index contributed by atoms with van der Waals surface area (Å²) in [6.07, 6.45) is 0. The summed E-state index contributed by atoms with van der Waals surface area (Å²) in [4.78, 5) is 2.94. The molecule has 0 atom stereocenters. The number of hydrogen-bond acceptors (Lipinski definition) is 0. The van der Waals surface area contributed by atoms with E-state index in [4.69, 9.17) is 5.53 Å². The molecule has 0 aliphatic rings. The predicted octanol–water partition coefficient (Wildman–Crippen LogP) is 2.27. The molecule has 0 spiro atoms. The lowest BCUT2D eigenvalue weighted by molar-refractivity contribution is 0.00680. The van der Waals surface area contributed by atoms with E-state index in [1.54, 1.807) is 5.84 Å². The van der Waals surface area contributed by atoms with Crippen molar-refractivity contribution in [2.45, 2.75) is 39.3 Å². The van der Waals surface area contributed by atoms with Gasteiger partial charge in [0, 0.05) is 8.80 Å². The van der Waals surface area contributed by atoms with E-state index < -0.39 is 8.07 Å². The maximum Gasteiger partial charge on any atom is 0.226 e. The summed E-state index contributed by atoms with van der Waals surface area (Å²) in [6.45, 7) is 13.2. The summed E-state index contributed by atoms with van der Waals surface area (Å²) in [5.41, 5.74) is 8.01. The minimum absolute atomic E-state index is 0.139. The first-order valence-electron chi connectivity index (χ1n) is 3.98. The quantitative estimate of drug-likeness (QED) is 0.262. The Kier molecular flexibility index (Phi) is 7.95. The Bertz CT molecular complexity index is 129. The zero-order valence-electron chi connectivity index (χ0n) is 8.55. The summed E-state index contributed by atoms with van der Waals surface area (Å²) in [7, 11) is -1.34.